The van der Waals surface area contributed by atoms with Gasteiger partial charge in [-0.25, -0.2) is 0 Å². The highest BCUT2D eigenvalue weighted by Gasteiger charge is 2.34. The summed E-state index contributed by atoms with van der Waals surface area (Å²) in [4.78, 5) is 42.2. The van der Waals surface area contributed by atoms with Gasteiger partial charge >= 0.3 is 0 Å². The number of amides is 3. The number of nitrogens with two attached hydrogens (primary N) is 1. The van der Waals surface area contributed by atoms with Crippen LogP contribution in [0.25, 0.3) is 0 Å². The topological polar surface area (TPSA) is 129 Å². The van der Waals surface area contributed by atoms with Gasteiger partial charge in [0.1, 0.15) is 0 Å². The summed E-state index contributed by atoms with van der Waals surface area (Å²) in [5.74, 6) is 1.02. The predicted molar refractivity (Wildman–Crippen MR) is 115 cm³/mol. The Morgan fingerprint density at radius 2 is 2.10 bits per heavy atom. The summed E-state index contributed by atoms with van der Waals surface area (Å²) in [5, 5.41) is 8.81. The molecule has 0 saturated heterocycles. The number of rotatable bonds is 11. The standard InChI is InChI=1S/C19H32N6O3S/c1-21-19(22-2)24-8-4-7-14(20)17(27)23-9-10-29-15-11-16(26)25(18(15)28)12-13-5-3-6-13/h11,13-14H,3-10,12,20H2,1-2H3,(H,23,27)(H2,21,22,24). The molecule has 1 atom stereocenters. The van der Waals surface area contributed by atoms with E-state index in [1.54, 1.807) is 14.1 Å². The molecule has 1 fully saturated rings. The molecule has 0 radical (unpaired) electrons. The Labute approximate surface area is 176 Å². The van der Waals surface area contributed by atoms with Crippen molar-refractivity contribution >= 4 is 35.4 Å². The molecule has 1 aliphatic carbocycles. The van der Waals surface area contributed by atoms with E-state index in [9.17, 15) is 14.4 Å². The molecule has 3 amide bonds. The van der Waals surface area contributed by atoms with Crippen LogP contribution in [0.15, 0.2) is 16.0 Å². The number of thioether (sulfide) groups is 1. The molecule has 9 nitrogen and oxygen atoms in total. The van der Waals surface area contributed by atoms with Crippen molar-refractivity contribution in [3.05, 3.63) is 11.0 Å². The third-order valence-corrected chi connectivity index (χ3v) is 6.09. The fraction of sp³-hybridized carbons (Fsp3) is 0.684. The molecule has 1 aliphatic heterocycles. The van der Waals surface area contributed by atoms with Gasteiger partial charge in [0.2, 0.25) is 5.91 Å². The van der Waals surface area contributed by atoms with Crippen LogP contribution < -0.4 is 21.7 Å². The summed E-state index contributed by atoms with van der Waals surface area (Å²) < 4.78 is 0. The average Bonchev–Trinajstić information content (AvgIpc) is 2.94. The number of carbonyl (C=O) groups excluding carboxylic acids is 3. The number of hydrogen-bond donors (Lipinski definition) is 4. The van der Waals surface area contributed by atoms with Crippen LogP contribution in [0, 0.1) is 5.92 Å². The van der Waals surface area contributed by atoms with Crippen LogP contribution >= 0.6 is 11.8 Å². The van der Waals surface area contributed by atoms with Gasteiger partial charge in [-0.1, -0.05) is 6.42 Å². The zero-order valence-corrected chi connectivity index (χ0v) is 18.0. The van der Waals surface area contributed by atoms with E-state index in [-0.39, 0.29) is 17.7 Å². The Balaban J connectivity index is 1.59. The van der Waals surface area contributed by atoms with E-state index in [1.165, 1.54) is 29.2 Å². The van der Waals surface area contributed by atoms with Crippen LogP contribution in [-0.4, -0.2) is 74.1 Å². The second kappa shape index (κ2) is 11.8. The number of imide groups is 1. The van der Waals surface area contributed by atoms with E-state index in [0.717, 1.165) is 19.3 Å². The molecule has 29 heavy (non-hydrogen) atoms. The molecule has 1 unspecified atom stereocenters. The van der Waals surface area contributed by atoms with E-state index >= 15 is 0 Å². The zero-order chi connectivity index (χ0) is 21.2. The summed E-state index contributed by atoms with van der Waals surface area (Å²) in [6.45, 7) is 1.59. The van der Waals surface area contributed by atoms with Crippen LogP contribution in [0.1, 0.15) is 32.1 Å². The molecule has 10 heteroatoms. The Hall–Kier alpha value is -2.07. The zero-order valence-electron chi connectivity index (χ0n) is 17.2. The Bertz CT molecular complexity index is 662. The van der Waals surface area contributed by atoms with Crippen LogP contribution in [0.2, 0.25) is 0 Å². The largest absolute Gasteiger partial charge is 0.359 e. The minimum atomic E-state index is -0.578. The van der Waals surface area contributed by atoms with Crippen molar-refractivity contribution in [1.29, 1.82) is 0 Å². The highest BCUT2D eigenvalue weighted by atomic mass is 32.2. The van der Waals surface area contributed by atoms with E-state index < -0.39 is 6.04 Å². The quantitative estimate of drug-likeness (QED) is 0.156. The van der Waals surface area contributed by atoms with Crippen molar-refractivity contribution < 1.29 is 14.4 Å². The first-order valence-corrected chi connectivity index (χ1v) is 11.1. The fourth-order valence-electron chi connectivity index (χ4n) is 3.10. The Morgan fingerprint density at radius 1 is 1.34 bits per heavy atom. The van der Waals surface area contributed by atoms with Crippen molar-refractivity contribution in [3.63, 3.8) is 0 Å². The van der Waals surface area contributed by atoms with Gasteiger partial charge in [0.05, 0.1) is 10.9 Å². The number of nitrogens with one attached hydrogen (secondary N) is 3. The van der Waals surface area contributed by atoms with Gasteiger partial charge in [0.25, 0.3) is 11.8 Å². The Kier molecular flexibility index (Phi) is 9.46. The minimum Gasteiger partial charge on any atom is -0.359 e. The molecule has 0 aromatic carbocycles. The number of guanidine groups is 1. The van der Waals surface area contributed by atoms with Gasteiger partial charge in [-0.2, -0.15) is 0 Å². The molecule has 1 saturated carbocycles. The molecule has 0 aromatic rings. The van der Waals surface area contributed by atoms with Gasteiger partial charge < -0.3 is 21.7 Å². The average molecular weight is 425 g/mol. The maximum atomic E-state index is 12.4. The molecule has 2 rings (SSSR count). The SMILES string of the molecule is C/N=C(\NC)NCCCC(N)C(=O)NCCSC1=CC(=O)N(CC2CCC2)C1=O. The lowest BCUT2D eigenvalue weighted by molar-refractivity contribution is -0.138. The second-order valence-corrected chi connectivity index (χ2v) is 8.33. The maximum absolute atomic E-state index is 12.4. The molecular weight excluding hydrogens is 392 g/mol. The summed E-state index contributed by atoms with van der Waals surface area (Å²) in [7, 11) is 3.47. The molecule has 162 valence electrons. The summed E-state index contributed by atoms with van der Waals surface area (Å²) >= 11 is 1.30. The van der Waals surface area contributed by atoms with Crippen LogP contribution in [0.5, 0.6) is 0 Å². The minimum absolute atomic E-state index is 0.209. The van der Waals surface area contributed by atoms with Crippen LogP contribution in [-0.2, 0) is 14.4 Å². The lowest BCUT2D eigenvalue weighted by Gasteiger charge is -2.29. The first-order chi connectivity index (χ1) is 14.0. The molecule has 0 spiro atoms. The number of hydrogen-bond acceptors (Lipinski definition) is 6. The lowest BCUT2D eigenvalue weighted by atomic mass is 9.85. The third kappa shape index (κ3) is 7.04. The molecule has 2 aliphatic rings. The van der Waals surface area contributed by atoms with Gasteiger partial charge in [0.15, 0.2) is 5.96 Å². The highest BCUT2D eigenvalue weighted by Crippen LogP contribution is 2.30. The summed E-state index contributed by atoms with van der Waals surface area (Å²) in [5.41, 5.74) is 5.92. The first kappa shape index (κ1) is 23.2. The van der Waals surface area contributed by atoms with Gasteiger partial charge in [-0.15, -0.1) is 11.8 Å². The van der Waals surface area contributed by atoms with Crippen molar-refractivity contribution in [3.8, 4) is 0 Å². The molecular formula is C19H32N6O3S. The Morgan fingerprint density at radius 3 is 2.72 bits per heavy atom. The smallest absolute Gasteiger partial charge is 0.267 e. The lowest BCUT2D eigenvalue weighted by Crippen LogP contribution is -2.42. The van der Waals surface area contributed by atoms with E-state index in [0.29, 0.717) is 48.6 Å². The van der Waals surface area contributed by atoms with Crippen LogP contribution in [0.3, 0.4) is 0 Å². The van der Waals surface area contributed by atoms with E-state index in [1.807, 2.05) is 0 Å². The van der Waals surface area contributed by atoms with E-state index in [2.05, 4.69) is 20.9 Å². The molecule has 0 bridgehead atoms. The van der Waals surface area contributed by atoms with Gasteiger partial charge in [-0.3, -0.25) is 24.3 Å². The van der Waals surface area contributed by atoms with Crippen molar-refractivity contribution in [2.45, 2.75) is 38.1 Å². The van der Waals surface area contributed by atoms with E-state index in [4.69, 9.17) is 5.73 Å². The predicted octanol–water partition coefficient (Wildman–Crippen LogP) is -0.209. The van der Waals surface area contributed by atoms with Crippen molar-refractivity contribution in [1.82, 2.24) is 20.9 Å². The number of aliphatic imine (C=N–C) groups is 1. The van der Waals surface area contributed by atoms with Crippen LogP contribution in [0.4, 0.5) is 0 Å². The fourth-order valence-corrected chi connectivity index (χ4v) is 3.94. The van der Waals surface area contributed by atoms with Gasteiger partial charge in [0, 0.05) is 45.6 Å². The number of carbonyl (C=O) groups is 3. The monoisotopic (exact) mass is 424 g/mol. The van der Waals surface area contributed by atoms with Gasteiger partial charge in [-0.05, 0) is 31.6 Å². The summed E-state index contributed by atoms with van der Waals surface area (Å²) in [6.07, 6.45) is 6.06. The normalized spacial score (nSPS) is 18.4. The molecule has 1 heterocycles. The molecule has 5 N–H and O–H groups in total. The summed E-state index contributed by atoms with van der Waals surface area (Å²) in [6, 6.07) is -0.578. The second-order valence-electron chi connectivity index (χ2n) is 7.20. The maximum Gasteiger partial charge on any atom is 0.267 e. The third-order valence-electron chi connectivity index (χ3n) is 5.08. The highest BCUT2D eigenvalue weighted by molar-refractivity contribution is 8.04. The van der Waals surface area contributed by atoms with Crippen molar-refractivity contribution in [2.75, 3.05) is 39.5 Å². The number of nitrogens with zero attached hydrogens (tertiary/aromatic N) is 2. The first-order valence-electron chi connectivity index (χ1n) is 10.1. The van der Waals surface area contributed by atoms with Crippen molar-refractivity contribution in [2.24, 2.45) is 16.6 Å². The molecule has 0 aromatic heterocycles.